The summed E-state index contributed by atoms with van der Waals surface area (Å²) in [5, 5.41) is 4.77. The topological polar surface area (TPSA) is 85.3 Å². The summed E-state index contributed by atoms with van der Waals surface area (Å²) in [5.41, 5.74) is 6.03. The lowest BCUT2D eigenvalue weighted by Crippen LogP contribution is -2.46. The monoisotopic (exact) mass is 547 g/mol. The van der Waals surface area contributed by atoms with Crippen LogP contribution in [-0.2, 0) is 17.5 Å². The molecule has 208 valence electrons. The molecule has 5 rings (SSSR count). The van der Waals surface area contributed by atoms with Gasteiger partial charge >= 0.3 is 0 Å². The normalized spacial score (nSPS) is 15.4. The molecule has 0 unspecified atom stereocenters. The first-order valence-electron chi connectivity index (χ1n) is 13.8. The third-order valence-electron chi connectivity index (χ3n) is 8.33. The Bertz CT molecular complexity index is 1430. The maximum atomic E-state index is 6.32. The molecular formula is C29H41N7O2Si. The molecule has 9 nitrogen and oxygen atoms in total. The van der Waals surface area contributed by atoms with Gasteiger partial charge in [0.05, 0.1) is 25.9 Å². The van der Waals surface area contributed by atoms with E-state index in [1.165, 1.54) is 0 Å². The van der Waals surface area contributed by atoms with E-state index < -0.39 is 8.32 Å². The smallest absolute Gasteiger partial charge is 0.209 e. The lowest BCUT2D eigenvalue weighted by Gasteiger charge is -2.36. The molecule has 0 atom stereocenters. The summed E-state index contributed by atoms with van der Waals surface area (Å²) in [5.74, 6) is 1.80. The standard InChI is InChI=1S/C29H41N7O2Si/c1-21-22(2)30-20-31-28(21)35-12-10-34(11-13-35)19-27-33-25-9-8-23(16-26(25)38-27)24-17-32-36(18-24)14-15-37-39(6,7)29(3,4)5/h8-9,16-18,20H,10-15,19H2,1-7H3. The first-order valence-corrected chi connectivity index (χ1v) is 16.7. The van der Waals surface area contributed by atoms with Crippen molar-refractivity contribution >= 4 is 25.2 Å². The third kappa shape index (κ3) is 6.07. The fraction of sp³-hybridized carbons (Fsp3) is 0.517. The van der Waals surface area contributed by atoms with Crippen LogP contribution in [0.4, 0.5) is 5.82 Å². The van der Waals surface area contributed by atoms with E-state index in [1.54, 1.807) is 6.33 Å². The van der Waals surface area contributed by atoms with Gasteiger partial charge in [-0.25, -0.2) is 15.0 Å². The van der Waals surface area contributed by atoms with Crippen molar-refractivity contribution in [3.63, 3.8) is 0 Å². The van der Waals surface area contributed by atoms with Crippen molar-refractivity contribution < 1.29 is 8.84 Å². The van der Waals surface area contributed by atoms with E-state index in [-0.39, 0.29) is 5.04 Å². The maximum Gasteiger partial charge on any atom is 0.209 e. The van der Waals surface area contributed by atoms with Crippen LogP contribution in [0.3, 0.4) is 0 Å². The van der Waals surface area contributed by atoms with Crippen molar-refractivity contribution in [2.75, 3.05) is 37.7 Å². The first kappa shape index (κ1) is 27.5. The van der Waals surface area contributed by atoms with E-state index in [9.17, 15) is 0 Å². The summed E-state index contributed by atoms with van der Waals surface area (Å²) in [7, 11) is -1.76. The molecule has 0 bridgehead atoms. The minimum absolute atomic E-state index is 0.206. The number of nitrogens with zero attached hydrogens (tertiary/aromatic N) is 7. The van der Waals surface area contributed by atoms with Crippen LogP contribution < -0.4 is 4.90 Å². The van der Waals surface area contributed by atoms with Crippen LogP contribution in [-0.4, -0.2) is 70.7 Å². The van der Waals surface area contributed by atoms with Crippen molar-refractivity contribution in [1.82, 2.24) is 29.6 Å². The zero-order chi connectivity index (χ0) is 27.8. The van der Waals surface area contributed by atoms with E-state index in [2.05, 4.69) is 84.0 Å². The minimum atomic E-state index is -1.76. The number of fused-ring (bicyclic) bond motifs is 1. The Morgan fingerprint density at radius 3 is 2.54 bits per heavy atom. The van der Waals surface area contributed by atoms with E-state index >= 15 is 0 Å². The van der Waals surface area contributed by atoms with Gasteiger partial charge in [-0.05, 0) is 49.7 Å². The maximum absolute atomic E-state index is 6.32. The molecule has 0 N–H and O–H groups in total. The molecule has 0 aliphatic carbocycles. The van der Waals surface area contributed by atoms with Gasteiger partial charge in [-0.2, -0.15) is 5.10 Å². The first-order chi connectivity index (χ1) is 18.5. The van der Waals surface area contributed by atoms with E-state index in [0.29, 0.717) is 13.2 Å². The number of aromatic nitrogens is 5. The largest absolute Gasteiger partial charge is 0.439 e. The van der Waals surface area contributed by atoms with Gasteiger partial charge in [-0.1, -0.05) is 26.8 Å². The fourth-order valence-corrected chi connectivity index (χ4v) is 5.65. The van der Waals surface area contributed by atoms with Crippen LogP contribution in [0.25, 0.3) is 22.2 Å². The number of aryl methyl sites for hydroxylation is 1. The van der Waals surface area contributed by atoms with E-state index in [1.807, 2.05) is 23.9 Å². The zero-order valence-electron chi connectivity index (χ0n) is 24.4. The Labute approximate surface area is 232 Å². The van der Waals surface area contributed by atoms with E-state index in [4.69, 9.17) is 13.8 Å². The summed E-state index contributed by atoms with van der Waals surface area (Å²) in [6, 6.07) is 6.19. The quantitative estimate of drug-likeness (QED) is 0.270. The Morgan fingerprint density at radius 1 is 1.03 bits per heavy atom. The third-order valence-corrected chi connectivity index (χ3v) is 12.9. The molecule has 10 heteroatoms. The fourth-order valence-electron chi connectivity index (χ4n) is 4.62. The number of rotatable bonds is 8. The average molecular weight is 548 g/mol. The molecule has 1 fully saturated rings. The molecule has 1 aliphatic heterocycles. The van der Waals surface area contributed by atoms with Crippen LogP contribution >= 0.6 is 0 Å². The van der Waals surface area contributed by atoms with Crippen molar-refractivity contribution in [2.24, 2.45) is 0 Å². The summed E-state index contributed by atoms with van der Waals surface area (Å²) >= 11 is 0. The molecule has 0 radical (unpaired) electrons. The number of benzene rings is 1. The summed E-state index contributed by atoms with van der Waals surface area (Å²) < 4.78 is 14.5. The van der Waals surface area contributed by atoms with E-state index in [0.717, 1.165) is 77.9 Å². The lowest BCUT2D eigenvalue weighted by molar-refractivity contribution is 0.228. The minimum Gasteiger partial charge on any atom is -0.439 e. The molecule has 1 saturated heterocycles. The van der Waals surface area contributed by atoms with Crippen LogP contribution in [0.1, 0.15) is 37.9 Å². The highest BCUT2D eigenvalue weighted by Gasteiger charge is 2.36. The summed E-state index contributed by atoms with van der Waals surface area (Å²) in [6.07, 6.45) is 5.64. The second-order valence-electron chi connectivity index (χ2n) is 12.1. The van der Waals surface area contributed by atoms with Crippen molar-refractivity contribution in [1.29, 1.82) is 0 Å². The molecule has 1 aromatic carbocycles. The highest BCUT2D eigenvalue weighted by atomic mass is 28.4. The highest BCUT2D eigenvalue weighted by Crippen LogP contribution is 2.36. The highest BCUT2D eigenvalue weighted by molar-refractivity contribution is 6.74. The number of oxazole rings is 1. The lowest BCUT2D eigenvalue weighted by atomic mass is 10.1. The van der Waals surface area contributed by atoms with Crippen LogP contribution in [0.2, 0.25) is 18.1 Å². The van der Waals surface area contributed by atoms with Gasteiger partial charge in [-0.15, -0.1) is 0 Å². The molecule has 0 saturated carbocycles. The summed E-state index contributed by atoms with van der Waals surface area (Å²) in [4.78, 5) is 18.3. The Hall–Kier alpha value is -3.08. The predicted molar refractivity (Wildman–Crippen MR) is 157 cm³/mol. The zero-order valence-corrected chi connectivity index (χ0v) is 25.4. The molecule has 0 amide bonds. The van der Waals surface area contributed by atoms with Gasteiger partial charge in [0, 0.05) is 49.2 Å². The van der Waals surface area contributed by atoms with Gasteiger partial charge in [0.15, 0.2) is 13.9 Å². The number of hydrogen-bond acceptors (Lipinski definition) is 8. The van der Waals surface area contributed by atoms with Crippen molar-refractivity contribution in [3.8, 4) is 11.1 Å². The molecular weight excluding hydrogens is 506 g/mol. The van der Waals surface area contributed by atoms with Gasteiger partial charge in [0.25, 0.3) is 0 Å². The number of piperazine rings is 1. The van der Waals surface area contributed by atoms with Crippen LogP contribution in [0.15, 0.2) is 41.3 Å². The number of hydrogen-bond donors (Lipinski definition) is 0. The van der Waals surface area contributed by atoms with Crippen molar-refractivity contribution in [2.45, 2.75) is 65.8 Å². The summed E-state index contributed by atoms with van der Waals surface area (Å²) in [6.45, 7) is 21.3. The predicted octanol–water partition coefficient (Wildman–Crippen LogP) is 5.44. The molecule has 3 aromatic heterocycles. The van der Waals surface area contributed by atoms with Gasteiger partial charge in [0.1, 0.15) is 17.7 Å². The second kappa shape index (κ2) is 10.8. The molecule has 4 aromatic rings. The van der Waals surface area contributed by atoms with Gasteiger partial charge in [-0.3, -0.25) is 9.58 Å². The van der Waals surface area contributed by atoms with Gasteiger partial charge < -0.3 is 13.7 Å². The van der Waals surface area contributed by atoms with Crippen LogP contribution in [0, 0.1) is 13.8 Å². The molecule has 4 heterocycles. The Morgan fingerprint density at radius 2 is 1.79 bits per heavy atom. The molecule has 39 heavy (non-hydrogen) atoms. The second-order valence-corrected chi connectivity index (χ2v) is 16.9. The van der Waals surface area contributed by atoms with Gasteiger partial charge in [0.2, 0.25) is 5.89 Å². The number of anilines is 1. The average Bonchev–Trinajstić information content (AvgIpc) is 3.52. The Balaban J connectivity index is 1.18. The Kier molecular flexibility index (Phi) is 7.63. The molecule has 0 spiro atoms. The SMILES string of the molecule is Cc1ncnc(N2CCN(Cc3nc4ccc(-c5cnn(CCO[Si](C)(C)C(C)(C)C)c5)cc4o3)CC2)c1C. The van der Waals surface area contributed by atoms with Crippen molar-refractivity contribution in [3.05, 3.63) is 54.1 Å². The molecule has 1 aliphatic rings. The van der Waals surface area contributed by atoms with Crippen LogP contribution in [0.5, 0.6) is 0 Å².